The van der Waals surface area contributed by atoms with Crippen molar-refractivity contribution < 1.29 is 18.0 Å². The predicted octanol–water partition coefficient (Wildman–Crippen LogP) is 4.80. The van der Waals surface area contributed by atoms with Crippen molar-refractivity contribution >= 4 is 27.8 Å². The van der Waals surface area contributed by atoms with Crippen molar-refractivity contribution in [3.63, 3.8) is 0 Å². The molecule has 34 heavy (non-hydrogen) atoms. The van der Waals surface area contributed by atoms with Gasteiger partial charge in [0.15, 0.2) is 0 Å². The molecular weight excluding hydrogens is 435 g/mol. The van der Waals surface area contributed by atoms with Crippen molar-refractivity contribution in [2.75, 3.05) is 19.6 Å². The van der Waals surface area contributed by atoms with Crippen molar-refractivity contribution in [1.29, 1.82) is 0 Å². The maximum Gasteiger partial charge on any atom is 0.340 e. The topological polar surface area (TPSA) is 75.7 Å². The van der Waals surface area contributed by atoms with Crippen LogP contribution in [0.5, 0.6) is 0 Å². The number of hydrogen-bond donors (Lipinski definition) is 1. The number of furan rings is 1. The number of likely N-dealkylation sites (tertiary alicyclic amines) is 1. The minimum Gasteiger partial charge on any atom is -0.464 e. The maximum absolute atomic E-state index is 13.4. The van der Waals surface area contributed by atoms with Crippen molar-refractivity contribution in [1.82, 2.24) is 10.2 Å². The number of nitrogens with zero attached hydrogens (tertiary/aromatic N) is 1. The molecule has 2 aromatic heterocycles. The lowest BCUT2D eigenvalue weighted by Crippen LogP contribution is -2.40. The molecule has 0 aliphatic carbocycles. The molecule has 2 aromatic carbocycles. The Balaban J connectivity index is 1.45. The first-order valence-electron chi connectivity index (χ1n) is 11.7. The van der Waals surface area contributed by atoms with E-state index >= 15 is 0 Å². The molecule has 1 atom stereocenters. The zero-order valence-corrected chi connectivity index (χ0v) is 19.3. The summed E-state index contributed by atoms with van der Waals surface area (Å²) in [4.78, 5) is 27.8. The summed E-state index contributed by atoms with van der Waals surface area (Å²) in [6.45, 7) is 6.58. The maximum atomic E-state index is 13.4. The number of halogens is 1. The third kappa shape index (κ3) is 4.12. The highest BCUT2D eigenvalue weighted by Gasteiger charge is 2.24. The van der Waals surface area contributed by atoms with Gasteiger partial charge in [0.2, 0.25) is 5.91 Å². The van der Waals surface area contributed by atoms with Crippen molar-refractivity contribution in [2.24, 2.45) is 0 Å². The highest BCUT2D eigenvalue weighted by atomic mass is 19.1. The van der Waals surface area contributed by atoms with Crippen LogP contribution in [0.4, 0.5) is 4.39 Å². The summed E-state index contributed by atoms with van der Waals surface area (Å²) < 4.78 is 24.6. The standard InChI is InChI=1S/C27H27FN2O4/c1-3-30-10-4-5-19(30)14-29-26(31)12-21-16(2)20-11-22-23(17-6-8-18(28)9-7-17)15-33-24(22)13-25(20)34-27(21)32/h6-9,11,13,15,19H,3-5,10,12,14H2,1-2H3,(H,29,31)/t19-/m1/s1. The minimum absolute atomic E-state index is 0.0306. The highest BCUT2D eigenvalue weighted by molar-refractivity contribution is 6.02. The van der Waals surface area contributed by atoms with Gasteiger partial charge in [0.05, 0.1) is 18.2 Å². The van der Waals surface area contributed by atoms with Gasteiger partial charge in [-0.3, -0.25) is 9.69 Å². The van der Waals surface area contributed by atoms with E-state index in [1.54, 1.807) is 24.5 Å². The van der Waals surface area contributed by atoms with Gasteiger partial charge in [0.1, 0.15) is 17.0 Å². The molecule has 0 radical (unpaired) electrons. The Morgan fingerprint density at radius 3 is 2.74 bits per heavy atom. The lowest BCUT2D eigenvalue weighted by atomic mass is 9.99. The van der Waals surface area contributed by atoms with E-state index in [0.29, 0.717) is 34.9 Å². The van der Waals surface area contributed by atoms with Crippen molar-refractivity contribution in [3.05, 3.63) is 70.0 Å². The Morgan fingerprint density at radius 1 is 1.18 bits per heavy atom. The molecule has 1 aliphatic rings. The Bertz CT molecular complexity index is 1420. The van der Waals surface area contributed by atoms with Gasteiger partial charge in [0.25, 0.3) is 0 Å². The molecule has 1 aliphatic heterocycles. The number of aryl methyl sites for hydroxylation is 1. The molecule has 0 unspecified atom stereocenters. The van der Waals surface area contributed by atoms with Crippen LogP contribution in [0.25, 0.3) is 33.1 Å². The van der Waals surface area contributed by atoms with Crippen LogP contribution in [0.15, 0.2) is 56.3 Å². The Hall–Kier alpha value is -3.45. The Labute approximate surface area is 196 Å². The SMILES string of the molecule is CCN1CCC[C@@H]1CNC(=O)Cc1c(C)c2cc3c(-c4ccc(F)cc4)coc3cc2oc1=O. The summed E-state index contributed by atoms with van der Waals surface area (Å²) in [5, 5.41) is 4.56. The van der Waals surface area contributed by atoms with E-state index in [1.807, 2.05) is 13.0 Å². The van der Waals surface area contributed by atoms with Gasteiger partial charge in [-0.2, -0.15) is 0 Å². The lowest BCUT2D eigenvalue weighted by molar-refractivity contribution is -0.120. The quantitative estimate of drug-likeness (QED) is 0.417. The molecule has 4 aromatic rings. The van der Waals surface area contributed by atoms with Crippen LogP contribution in [0.3, 0.4) is 0 Å². The number of fused-ring (bicyclic) bond motifs is 2. The largest absolute Gasteiger partial charge is 0.464 e. The smallest absolute Gasteiger partial charge is 0.340 e. The minimum atomic E-state index is -0.513. The van der Waals surface area contributed by atoms with Crippen LogP contribution in [0.2, 0.25) is 0 Å². The average molecular weight is 463 g/mol. The molecule has 1 N–H and O–H groups in total. The zero-order valence-electron chi connectivity index (χ0n) is 19.3. The fourth-order valence-corrected chi connectivity index (χ4v) is 4.96. The first kappa shape index (κ1) is 22.3. The van der Waals surface area contributed by atoms with Crippen molar-refractivity contribution in [3.8, 4) is 11.1 Å². The number of nitrogens with one attached hydrogen (secondary N) is 1. The predicted molar refractivity (Wildman–Crippen MR) is 129 cm³/mol. The highest BCUT2D eigenvalue weighted by Crippen LogP contribution is 2.34. The van der Waals surface area contributed by atoms with Gasteiger partial charge in [-0.1, -0.05) is 19.1 Å². The fraction of sp³-hybridized carbons (Fsp3) is 0.333. The number of benzene rings is 2. The summed E-state index contributed by atoms with van der Waals surface area (Å²) in [6.07, 6.45) is 3.80. The molecule has 1 fully saturated rings. The van der Waals surface area contributed by atoms with Gasteiger partial charge in [-0.05, 0) is 62.2 Å². The molecule has 1 saturated heterocycles. The zero-order chi connectivity index (χ0) is 23.8. The number of rotatable bonds is 6. The summed E-state index contributed by atoms with van der Waals surface area (Å²) in [6, 6.07) is 10.1. The number of likely N-dealkylation sites (N-methyl/N-ethyl adjacent to an activating group) is 1. The van der Waals surface area contributed by atoms with Crippen LogP contribution < -0.4 is 10.9 Å². The van der Waals surface area contributed by atoms with Crippen LogP contribution in [0.1, 0.15) is 30.9 Å². The van der Waals surface area contributed by atoms with Crippen LogP contribution >= 0.6 is 0 Å². The molecule has 3 heterocycles. The third-order valence-electron chi connectivity index (χ3n) is 6.91. The van der Waals surface area contributed by atoms with Gasteiger partial charge in [0, 0.05) is 35.0 Å². The average Bonchev–Trinajstić information content (AvgIpc) is 3.46. The van der Waals surface area contributed by atoms with Crippen LogP contribution in [-0.2, 0) is 11.2 Å². The van der Waals surface area contributed by atoms with E-state index < -0.39 is 5.63 Å². The molecule has 0 saturated carbocycles. The number of carbonyl (C=O) groups excluding carboxylic acids is 1. The molecule has 0 bridgehead atoms. The van der Waals surface area contributed by atoms with E-state index in [4.69, 9.17) is 8.83 Å². The number of carbonyl (C=O) groups is 1. The normalized spacial score (nSPS) is 16.5. The molecule has 176 valence electrons. The van der Waals surface area contributed by atoms with Gasteiger partial charge >= 0.3 is 5.63 Å². The molecule has 7 heteroatoms. The first-order chi connectivity index (χ1) is 16.4. The summed E-state index contributed by atoms with van der Waals surface area (Å²) >= 11 is 0. The number of amides is 1. The van der Waals surface area contributed by atoms with E-state index in [1.165, 1.54) is 12.1 Å². The second-order valence-electron chi connectivity index (χ2n) is 8.90. The Morgan fingerprint density at radius 2 is 1.97 bits per heavy atom. The van der Waals surface area contributed by atoms with Gasteiger partial charge < -0.3 is 14.2 Å². The van der Waals surface area contributed by atoms with Crippen LogP contribution in [-0.4, -0.2) is 36.5 Å². The fourth-order valence-electron chi connectivity index (χ4n) is 4.96. The van der Waals surface area contributed by atoms with E-state index in [-0.39, 0.29) is 18.1 Å². The lowest BCUT2D eigenvalue weighted by Gasteiger charge is -2.22. The van der Waals surface area contributed by atoms with Gasteiger partial charge in [-0.15, -0.1) is 0 Å². The van der Waals surface area contributed by atoms with Crippen molar-refractivity contribution in [2.45, 2.75) is 39.2 Å². The molecule has 5 rings (SSSR count). The van der Waals surface area contributed by atoms with Gasteiger partial charge in [-0.25, -0.2) is 9.18 Å². The summed E-state index contributed by atoms with van der Waals surface area (Å²) in [7, 11) is 0. The molecule has 0 spiro atoms. The first-order valence-corrected chi connectivity index (χ1v) is 11.7. The van der Waals surface area contributed by atoms with E-state index in [2.05, 4.69) is 17.1 Å². The summed E-state index contributed by atoms with van der Waals surface area (Å²) in [5.74, 6) is -0.494. The van der Waals surface area contributed by atoms with E-state index in [0.717, 1.165) is 47.8 Å². The van der Waals surface area contributed by atoms with E-state index in [9.17, 15) is 14.0 Å². The molecular formula is C27H27FN2O4. The number of hydrogen-bond acceptors (Lipinski definition) is 5. The second kappa shape index (κ2) is 9.06. The molecule has 6 nitrogen and oxygen atoms in total. The monoisotopic (exact) mass is 462 g/mol. The Kier molecular flexibility index (Phi) is 5.96. The second-order valence-corrected chi connectivity index (χ2v) is 8.90. The molecule has 1 amide bonds. The third-order valence-corrected chi connectivity index (χ3v) is 6.91. The summed E-state index contributed by atoms with van der Waals surface area (Å²) in [5.41, 5.74) is 3.17. The van der Waals surface area contributed by atoms with Crippen LogP contribution in [0, 0.1) is 12.7 Å².